The number of nitrogens with one attached hydrogen (secondary N) is 2. The molecule has 2 aliphatic rings. The molecule has 33 heavy (non-hydrogen) atoms. The predicted molar refractivity (Wildman–Crippen MR) is 120 cm³/mol. The minimum atomic E-state index is -3.75. The average molecular weight is 483 g/mol. The number of benzene rings is 1. The van der Waals surface area contributed by atoms with Crippen molar-refractivity contribution < 1.29 is 32.2 Å². The van der Waals surface area contributed by atoms with Gasteiger partial charge in [-0.15, -0.1) is 0 Å². The highest BCUT2D eigenvalue weighted by atomic mass is 32.2. The topological polar surface area (TPSA) is 122 Å². The number of carbonyl (C=O) groups is 2. The summed E-state index contributed by atoms with van der Waals surface area (Å²) in [5, 5.41) is 13.3. The molecule has 1 aromatic carbocycles. The van der Waals surface area contributed by atoms with E-state index in [4.69, 9.17) is 4.74 Å². The maximum atomic E-state index is 14.1. The second kappa shape index (κ2) is 10.8. The van der Waals surface area contributed by atoms with Crippen molar-refractivity contribution in [2.75, 3.05) is 18.9 Å². The van der Waals surface area contributed by atoms with Crippen LogP contribution in [0.3, 0.4) is 0 Å². The number of halogens is 1. The minimum absolute atomic E-state index is 0.0468. The molecule has 0 spiro atoms. The van der Waals surface area contributed by atoms with Gasteiger partial charge in [0.25, 0.3) is 0 Å². The zero-order valence-electron chi connectivity index (χ0n) is 18.7. The van der Waals surface area contributed by atoms with Gasteiger partial charge in [0.1, 0.15) is 5.60 Å². The molecule has 1 heterocycles. The van der Waals surface area contributed by atoms with Crippen LogP contribution in [0.4, 0.5) is 4.39 Å². The smallest absolute Gasteiger partial charge is 0.229 e. The number of allylic oxidation sites excluding steroid dienone is 1. The summed E-state index contributed by atoms with van der Waals surface area (Å²) in [6, 6.07) is 4.07. The Hall–Kier alpha value is -2.30. The zero-order chi connectivity index (χ0) is 24.1. The summed E-state index contributed by atoms with van der Waals surface area (Å²) < 4.78 is 46.8. The zero-order valence-corrected chi connectivity index (χ0v) is 19.5. The standard InChI is InChI=1S/C23H31FN2O6S/c1-2-23(29,18-9-10-19(24)20(13-18)32-14-16-6-7-16)15-25-33(30,31)12-4-3-5-17-8-11-21(27)26-22(17)28/h3-4,9-10,13,16-17,25,29H,2,5-8,11-12,14-15H2,1H3,(H,26,27,28)/b4-3+/t17?,23-/m1/s1. The van der Waals surface area contributed by atoms with E-state index in [1.54, 1.807) is 13.0 Å². The first-order chi connectivity index (χ1) is 15.6. The van der Waals surface area contributed by atoms with Crippen molar-refractivity contribution >= 4 is 21.8 Å². The molecule has 3 N–H and O–H groups in total. The molecule has 182 valence electrons. The van der Waals surface area contributed by atoms with E-state index in [1.165, 1.54) is 24.3 Å². The molecule has 1 aliphatic heterocycles. The molecule has 1 saturated carbocycles. The Morgan fingerprint density at radius 2 is 2.03 bits per heavy atom. The third-order valence-electron chi connectivity index (χ3n) is 6.07. The lowest BCUT2D eigenvalue weighted by Crippen LogP contribution is -2.41. The van der Waals surface area contributed by atoms with Gasteiger partial charge in [0.05, 0.1) is 12.4 Å². The van der Waals surface area contributed by atoms with Crippen molar-refractivity contribution in [2.24, 2.45) is 11.8 Å². The summed E-state index contributed by atoms with van der Waals surface area (Å²) >= 11 is 0. The van der Waals surface area contributed by atoms with Crippen LogP contribution >= 0.6 is 0 Å². The number of imide groups is 1. The van der Waals surface area contributed by atoms with Gasteiger partial charge in [-0.05, 0) is 55.7 Å². The minimum Gasteiger partial charge on any atom is -0.490 e. The van der Waals surface area contributed by atoms with E-state index in [9.17, 15) is 27.5 Å². The Bertz CT molecular complexity index is 1010. The molecule has 1 aromatic rings. The van der Waals surface area contributed by atoms with Crippen LogP contribution in [0.5, 0.6) is 5.75 Å². The quantitative estimate of drug-likeness (QED) is 0.310. The number of sulfonamides is 1. The Balaban J connectivity index is 1.55. The van der Waals surface area contributed by atoms with Gasteiger partial charge >= 0.3 is 0 Å². The maximum Gasteiger partial charge on any atom is 0.229 e. The third kappa shape index (κ3) is 7.35. The molecule has 2 atom stereocenters. The van der Waals surface area contributed by atoms with Gasteiger partial charge in [-0.25, -0.2) is 17.5 Å². The molecular weight excluding hydrogens is 451 g/mol. The number of rotatable bonds is 12. The van der Waals surface area contributed by atoms with E-state index >= 15 is 0 Å². The Morgan fingerprint density at radius 1 is 1.27 bits per heavy atom. The number of ether oxygens (including phenoxy) is 1. The summed E-state index contributed by atoms with van der Waals surface area (Å²) in [7, 11) is -3.75. The Kier molecular flexibility index (Phi) is 8.25. The Morgan fingerprint density at radius 3 is 2.70 bits per heavy atom. The second-order valence-electron chi connectivity index (χ2n) is 8.74. The van der Waals surface area contributed by atoms with Crippen LogP contribution in [-0.2, 0) is 25.2 Å². The number of hydrogen-bond donors (Lipinski definition) is 3. The fourth-order valence-corrected chi connectivity index (χ4v) is 4.50. The van der Waals surface area contributed by atoms with Crippen molar-refractivity contribution in [3.63, 3.8) is 0 Å². The molecule has 8 nitrogen and oxygen atoms in total. The first-order valence-electron chi connectivity index (χ1n) is 11.2. The molecular formula is C23H31FN2O6S. The van der Waals surface area contributed by atoms with Gasteiger partial charge in [-0.3, -0.25) is 14.9 Å². The summed E-state index contributed by atoms with van der Waals surface area (Å²) in [5.41, 5.74) is -1.16. The number of aliphatic hydroxyl groups is 1. The third-order valence-corrected chi connectivity index (χ3v) is 7.28. The summed E-state index contributed by atoms with van der Waals surface area (Å²) in [6.45, 7) is 1.85. The van der Waals surface area contributed by atoms with Crippen molar-refractivity contribution in [3.05, 3.63) is 41.7 Å². The van der Waals surface area contributed by atoms with Crippen molar-refractivity contribution in [1.82, 2.24) is 10.0 Å². The van der Waals surface area contributed by atoms with Crippen LogP contribution in [0.1, 0.15) is 51.0 Å². The molecule has 0 radical (unpaired) electrons. The summed E-state index contributed by atoms with van der Waals surface area (Å²) in [5.74, 6) is -1.35. The van der Waals surface area contributed by atoms with E-state index in [0.717, 1.165) is 12.8 Å². The first-order valence-corrected chi connectivity index (χ1v) is 12.9. The number of piperidine rings is 1. The first kappa shape index (κ1) is 25.3. The lowest BCUT2D eigenvalue weighted by Gasteiger charge is -2.28. The van der Waals surface area contributed by atoms with Crippen molar-refractivity contribution in [2.45, 2.75) is 51.0 Å². The fraction of sp³-hybridized carbons (Fsp3) is 0.565. The molecule has 0 aromatic heterocycles. The summed E-state index contributed by atoms with van der Waals surface area (Å²) in [4.78, 5) is 22.9. The second-order valence-corrected chi connectivity index (χ2v) is 10.6. The average Bonchev–Trinajstić information content (AvgIpc) is 3.60. The van der Waals surface area contributed by atoms with Gasteiger partial charge in [0.2, 0.25) is 21.8 Å². The largest absolute Gasteiger partial charge is 0.490 e. The van der Waals surface area contributed by atoms with Crippen LogP contribution in [-0.4, -0.2) is 44.2 Å². The van der Waals surface area contributed by atoms with Crippen LogP contribution < -0.4 is 14.8 Å². The molecule has 0 bridgehead atoms. The normalized spacial score (nSPS) is 21.1. The van der Waals surface area contributed by atoms with Crippen LogP contribution in [0.15, 0.2) is 30.4 Å². The summed E-state index contributed by atoms with van der Waals surface area (Å²) in [6.07, 6.45) is 6.42. The molecule has 3 rings (SSSR count). The number of amides is 2. The lowest BCUT2D eigenvalue weighted by atomic mass is 9.91. The van der Waals surface area contributed by atoms with Crippen LogP contribution in [0, 0.1) is 17.7 Å². The van der Waals surface area contributed by atoms with Gasteiger partial charge < -0.3 is 9.84 Å². The molecule has 1 aliphatic carbocycles. The highest BCUT2D eigenvalue weighted by Gasteiger charge is 2.31. The van der Waals surface area contributed by atoms with Crippen molar-refractivity contribution in [3.8, 4) is 5.75 Å². The van der Waals surface area contributed by atoms with Crippen LogP contribution in [0.2, 0.25) is 0 Å². The fourth-order valence-electron chi connectivity index (χ4n) is 3.53. The molecule has 1 saturated heterocycles. The lowest BCUT2D eigenvalue weighted by molar-refractivity contribution is -0.136. The van der Waals surface area contributed by atoms with Gasteiger partial charge in [0, 0.05) is 18.9 Å². The number of hydrogen-bond acceptors (Lipinski definition) is 6. The van der Waals surface area contributed by atoms with E-state index in [0.29, 0.717) is 30.9 Å². The van der Waals surface area contributed by atoms with Crippen molar-refractivity contribution in [1.29, 1.82) is 0 Å². The molecule has 2 fully saturated rings. The van der Waals surface area contributed by atoms with E-state index in [-0.39, 0.29) is 48.6 Å². The number of carbonyl (C=O) groups excluding carboxylic acids is 2. The predicted octanol–water partition coefficient (Wildman–Crippen LogP) is 2.13. The van der Waals surface area contributed by atoms with E-state index < -0.39 is 21.4 Å². The highest BCUT2D eigenvalue weighted by Crippen LogP contribution is 2.32. The van der Waals surface area contributed by atoms with Crippen LogP contribution in [0.25, 0.3) is 0 Å². The van der Waals surface area contributed by atoms with Gasteiger partial charge in [-0.2, -0.15) is 0 Å². The van der Waals surface area contributed by atoms with E-state index in [2.05, 4.69) is 10.0 Å². The van der Waals surface area contributed by atoms with E-state index in [1.807, 2.05) is 0 Å². The maximum absolute atomic E-state index is 14.1. The molecule has 10 heteroatoms. The van der Waals surface area contributed by atoms with Gasteiger partial charge in [-0.1, -0.05) is 25.1 Å². The Labute approximate surface area is 193 Å². The van der Waals surface area contributed by atoms with Gasteiger partial charge in [0.15, 0.2) is 11.6 Å². The SMILES string of the molecule is CC[C@@](O)(CNS(=O)(=O)C/C=C/CC1CCC(=O)NC1=O)c1ccc(F)c(OCC2CC2)c1. The highest BCUT2D eigenvalue weighted by molar-refractivity contribution is 7.89. The molecule has 2 amide bonds. The monoisotopic (exact) mass is 482 g/mol. The molecule has 1 unspecified atom stereocenters.